The summed E-state index contributed by atoms with van der Waals surface area (Å²) in [6.07, 6.45) is 5.05. The number of halogens is 1. The van der Waals surface area contributed by atoms with E-state index in [4.69, 9.17) is 0 Å². The summed E-state index contributed by atoms with van der Waals surface area (Å²) in [6.45, 7) is 4.43. The van der Waals surface area contributed by atoms with Gasteiger partial charge >= 0.3 is 0 Å². The molecular weight excluding hydrogens is 236 g/mol. The zero-order valence-corrected chi connectivity index (χ0v) is 10.7. The summed E-state index contributed by atoms with van der Waals surface area (Å²) in [5.41, 5.74) is 2.89. The van der Waals surface area contributed by atoms with Crippen LogP contribution in [0.5, 0.6) is 0 Å². The molecule has 14 heavy (non-hydrogen) atoms. The summed E-state index contributed by atoms with van der Waals surface area (Å²) in [4.78, 5) is 0.642. The van der Waals surface area contributed by atoms with Gasteiger partial charge in [0.1, 0.15) is 0 Å². The number of aryl methyl sites for hydroxylation is 1. The molecule has 1 heteroatoms. The predicted molar refractivity (Wildman–Crippen MR) is 67.1 cm³/mol. The van der Waals surface area contributed by atoms with Gasteiger partial charge in [0.15, 0.2) is 0 Å². The minimum absolute atomic E-state index is 0.642. The molecule has 1 rings (SSSR count). The molecule has 0 bridgehead atoms. The molecule has 0 nitrogen and oxygen atoms in total. The molecule has 0 saturated heterocycles. The highest BCUT2D eigenvalue weighted by Gasteiger charge is 2.06. The lowest BCUT2D eigenvalue weighted by atomic mass is 10.0. The molecule has 0 spiro atoms. The summed E-state index contributed by atoms with van der Waals surface area (Å²) in [6, 6.07) is 8.65. The van der Waals surface area contributed by atoms with Crippen LogP contribution in [0.25, 0.3) is 0 Å². The van der Waals surface area contributed by atoms with Gasteiger partial charge < -0.3 is 0 Å². The van der Waals surface area contributed by atoms with Crippen molar-refractivity contribution in [3.05, 3.63) is 35.4 Å². The zero-order valence-electron chi connectivity index (χ0n) is 9.09. The van der Waals surface area contributed by atoms with E-state index in [2.05, 4.69) is 54.0 Å². The van der Waals surface area contributed by atoms with Gasteiger partial charge in [-0.1, -0.05) is 60.0 Å². The van der Waals surface area contributed by atoms with Crippen LogP contribution in [0.2, 0.25) is 0 Å². The van der Waals surface area contributed by atoms with Crippen LogP contribution >= 0.6 is 15.9 Å². The van der Waals surface area contributed by atoms with Crippen molar-refractivity contribution in [2.45, 2.75) is 44.4 Å². The second-order valence-electron chi connectivity index (χ2n) is 3.87. The Morgan fingerprint density at radius 2 is 2.00 bits per heavy atom. The lowest BCUT2D eigenvalue weighted by molar-refractivity contribution is 0.686. The van der Waals surface area contributed by atoms with Gasteiger partial charge in [0.2, 0.25) is 0 Å². The predicted octanol–water partition coefficient (Wildman–Crippen LogP) is 4.49. The molecule has 0 heterocycles. The first kappa shape index (κ1) is 11.8. The van der Waals surface area contributed by atoms with E-state index in [1.165, 1.54) is 30.4 Å². The van der Waals surface area contributed by atoms with E-state index in [1.54, 1.807) is 0 Å². The van der Waals surface area contributed by atoms with Crippen molar-refractivity contribution in [2.75, 3.05) is 0 Å². The Bertz CT molecular complexity index is 268. The molecule has 1 unspecified atom stereocenters. The van der Waals surface area contributed by atoms with E-state index in [-0.39, 0.29) is 0 Å². The first-order valence-corrected chi connectivity index (χ1v) is 6.34. The number of hydrogen-bond acceptors (Lipinski definition) is 0. The van der Waals surface area contributed by atoms with Crippen LogP contribution in [0, 0.1) is 6.92 Å². The van der Waals surface area contributed by atoms with Crippen molar-refractivity contribution in [3.8, 4) is 0 Å². The molecule has 0 aromatic heterocycles. The maximum absolute atomic E-state index is 3.75. The molecule has 0 radical (unpaired) electrons. The van der Waals surface area contributed by atoms with E-state index in [0.29, 0.717) is 4.83 Å². The highest BCUT2D eigenvalue weighted by Crippen LogP contribution is 2.18. The molecule has 0 saturated carbocycles. The average molecular weight is 255 g/mol. The second-order valence-corrected chi connectivity index (χ2v) is 5.17. The Kier molecular flexibility index (Phi) is 5.24. The largest absolute Gasteiger partial charge is 0.0887 e. The Morgan fingerprint density at radius 1 is 1.29 bits per heavy atom. The molecule has 0 amide bonds. The number of unbranched alkanes of at least 4 members (excludes halogenated alkanes) is 1. The van der Waals surface area contributed by atoms with Crippen LogP contribution < -0.4 is 0 Å². The molecule has 0 N–H and O–H groups in total. The first-order chi connectivity index (χ1) is 6.74. The standard InChI is InChI=1S/C13H19Br/c1-3-4-9-13(14)10-12-8-6-5-7-11(12)2/h5-8,13H,3-4,9-10H2,1-2H3. The van der Waals surface area contributed by atoms with Crippen molar-refractivity contribution >= 4 is 15.9 Å². The smallest absolute Gasteiger partial charge is 0.0186 e. The fourth-order valence-electron chi connectivity index (χ4n) is 1.61. The summed E-state index contributed by atoms with van der Waals surface area (Å²) in [5.74, 6) is 0. The number of rotatable bonds is 5. The number of hydrogen-bond donors (Lipinski definition) is 0. The summed E-state index contributed by atoms with van der Waals surface area (Å²) >= 11 is 3.75. The van der Waals surface area contributed by atoms with Gasteiger partial charge in [-0.2, -0.15) is 0 Å². The molecule has 78 valence electrons. The van der Waals surface area contributed by atoms with Crippen LogP contribution in [-0.4, -0.2) is 4.83 Å². The number of alkyl halides is 1. The molecule has 1 atom stereocenters. The summed E-state index contributed by atoms with van der Waals surface area (Å²) < 4.78 is 0. The average Bonchev–Trinajstić information content (AvgIpc) is 2.18. The Labute approximate surface area is 95.9 Å². The molecule has 0 aliphatic carbocycles. The van der Waals surface area contributed by atoms with Crippen molar-refractivity contribution in [1.29, 1.82) is 0 Å². The lowest BCUT2D eigenvalue weighted by Crippen LogP contribution is -2.03. The van der Waals surface area contributed by atoms with E-state index < -0.39 is 0 Å². The minimum Gasteiger partial charge on any atom is -0.0887 e. The highest BCUT2D eigenvalue weighted by atomic mass is 79.9. The van der Waals surface area contributed by atoms with Crippen molar-refractivity contribution in [3.63, 3.8) is 0 Å². The van der Waals surface area contributed by atoms with Crippen LogP contribution in [-0.2, 0) is 6.42 Å². The molecule has 0 fully saturated rings. The zero-order chi connectivity index (χ0) is 10.4. The maximum atomic E-state index is 3.75. The van der Waals surface area contributed by atoms with Gasteiger partial charge in [0.25, 0.3) is 0 Å². The third kappa shape index (κ3) is 3.83. The Morgan fingerprint density at radius 3 is 2.64 bits per heavy atom. The van der Waals surface area contributed by atoms with Crippen molar-refractivity contribution < 1.29 is 0 Å². The molecule has 0 aliphatic heterocycles. The lowest BCUT2D eigenvalue weighted by Gasteiger charge is -2.10. The van der Waals surface area contributed by atoms with Crippen LogP contribution in [0.4, 0.5) is 0 Å². The van der Waals surface area contributed by atoms with Crippen LogP contribution in [0.15, 0.2) is 24.3 Å². The summed E-state index contributed by atoms with van der Waals surface area (Å²) in [5, 5.41) is 0. The molecule has 0 aliphatic rings. The van der Waals surface area contributed by atoms with E-state index in [9.17, 15) is 0 Å². The summed E-state index contributed by atoms with van der Waals surface area (Å²) in [7, 11) is 0. The normalized spacial score (nSPS) is 12.8. The van der Waals surface area contributed by atoms with Gasteiger partial charge in [-0.3, -0.25) is 0 Å². The van der Waals surface area contributed by atoms with Crippen LogP contribution in [0.1, 0.15) is 37.3 Å². The molecular formula is C13H19Br. The van der Waals surface area contributed by atoms with E-state index >= 15 is 0 Å². The highest BCUT2D eigenvalue weighted by molar-refractivity contribution is 9.09. The topological polar surface area (TPSA) is 0 Å². The third-order valence-corrected chi connectivity index (χ3v) is 3.36. The quantitative estimate of drug-likeness (QED) is 0.680. The Balaban J connectivity index is 2.47. The third-order valence-electron chi connectivity index (χ3n) is 2.57. The number of benzene rings is 1. The van der Waals surface area contributed by atoms with Gasteiger partial charge in [0, 0.05) is 4.83 Å². The van der Waals surface area contributed by atoms with Gasteiger partial charge in [-0.05, 0) is 30.9 Å². The SMILES string of the molecule is CCCCC(Br)Cc1ccccc1C. The maximum Gasteiger partial charge on any atom is 0.0186 e. The van der Waals surface area contributed by atoms with Gasteiger partial charge in [-0.15, -0.1) is 0 Å². The molecule has 1 aromatic carbocycles. The fourth-order valence-corrected chi connectivity index (χ4v) is 2.28. The molecule has 1 aromatic rings. The monoisotopic (exact) mass is 254 g/mol. The van der Waals surface area contributed by atoms with Crippen LogP contribution in [0.3, 0.4) is 0 Å². The second kappa shape index (κ2) is 6.23. The van der Waals surface area contributed by atoms with Gasteiger partial charge in [-0.25, -0.2) is 0 Å². The van der Waals surface area contributed by atoms with E-state index in [1.807, 2.05) is 0 Å². The van der Waals surface area contributed by atoms with Gasteiger partial charge in [0.05, 0.1) is 0 Å². The van der Waals surface area contributed by atoms with E-state index in [0.717, 1.165) is 6.42 Å². The minimum atomic E-state index is 0.642. The van der Waals surface area contributed by atoms with Crippen molar-refractivity contribution in [1.82, 2.24) is 0 Å². The first-order valence-electron chi connectivity index (χ1n) is 5.42. The Hall–Kier alpha value is -0.300. The van der Waals surface area contributed by atoms with Crippen molar-refractivity contribution in [2.24, 2.45) is 0 Å². The fraction of sp³-hybridized carbons (Fsp3) is 0.538.